The lowest BCUT2D eigenvalue weighted by Gasteiger charge is -1.98. The Kier molecular flexibility index (Phi) is 2.62. The van der Waals surface area contributed by atoms with Crippen molar-refractivity contribution in [2.75, 3.05) is 5.73 Å². The number of anilines is 1. The second kappa shape index (κ2) is 3.94. The van der Waals surface area contributed by atoms with Gasteiger partial charge in [-0.15, -0.1) is 0 Å². The molecule has 2 N–H and O–H groups in total. The maximum absolute atomic E-state index is 5.82. The fourth-order valence-electron chi connectivity index (χ4n) is 2.14. The van der Waals surface area contributed by atoms with E-state index in [1.807, 2.05) is 18.2 Å². The summed E-state index contributed by atoms with van der Waals surface area (Å²) in [6, 6.07) is 5.76. The molecule has 3 rings (SSSR count). The molecule has 1 unspecified atom stereocenters. The zero-order chi connectivity index (χ0) is 12.9. The summed E-state index contributed by atoms with van der Waals surface area (Å²) in [6.45, 7) is 4.44. The van der Waals surface area contributed by atoms with Crippen LogP contribution >= 0.6 is 22.6 Å². The number of nitrogen functional groups attached to an aromatic ring is 1. The van der Waals surface area contributed by atoms with Crippen molar-refractivity contribution in [3.05, 3.63) is 27.6 Å². The Labute approximate surface area is 119 Å². The maximum atomic E-state index is 5.82. The van der Waals surface area contributed by atoms with Crippen LogP contribution in [0.4, 0.5) is 5.69 Å². The topological polar surface area (TPSA) is 64.9 Å². The van der Waals surface area contributed by atoms with E-state index in [-0.39, 0.29) is 0 Å². The monoisotopic (exact) mass is 355 g/mol. The first kappa shape index (κ1) is 12.0. The van der Waals surface area contributed by atoms with Gasteiger partial charge in [0.1, 0.15) is 0 Å². The largest absolute Gasteiger partial charge is 0.399 e. The molecule has 1 fully saturated rings. The summed E-state index contributed by atoms with van der Waals surface area (Å²) < 4.78 is 6.40. The van der Waals surface area contributed by atoms with Gasteiger partial charge in [0.05, 0.1) is 0 Å². The quantitative estimate of drug-likeness (QED) is 0.662. The predicted molar refractivity (Wildman–Crippen MR) is 78.0 cm³/mol. The van der Waals surface area contributed by atoms with Crippen LogP contribution in [0.1, 0.15) is 32.0 Å². The highest BCUT2D eigenvalue weighted by atomic mass is 127. The Morgan fingerprint density at radius 1 is 1.39 bits per heavy atom. The Morgan fingerprint density at radius 3 is 2.72 bits per heavy atom. The summed E-state index contributed by atoms with van der Waals surface area (Å²) >= 11 is 2.23. The van der Waals surface area contributed by atoms with Gasteiger partial charge in [-0.25, -0.2) is 0 Å². The number of hydrogen-bond acceptors (Lipinski definition) is 4. The van der Waals surface area contributed by atoms with Crippen LogP contribution in [0.15, 0.2) is 22.7 Å². The molecule has 0 bridgehead atoms. The average Bonchev–Trinajstić information content (AvgIpc) is 2.75. The highest BCUT2D eigenvalue weighted by Crippen LogP contribution is 2.57. The zero-order valence-corrected chi connectivity index (χ0v) is 12.4. The molecule has 5 heteroatoms. The van der Waals surface area contributed by atoms with Crippen LogP contribution in [-0.2, 0) is 0 Å². The van der Waals surface area contributed by atoms with Crippen LogP contribution in [0.2, 0.25) is 0 Å². The first-order valence-corrected chi connectivity index (χ1v) is 6.94. The van der Waals surface area contributed by atoms with Crippen molar-refractivity contribution in [2.24, 2.45) is 5.41 Å². The molecule has 1 saturated carbocycles. The van der Waals surface area contributed by atoms with Gasteiger partial charge in [-0.1, -0.05) is 19.0 Å². The van der Waals surface area contributed by atoms with Crippen molar-refractivity contribution in [1.82, 2.24) is 10.1 Å². The molecule has 1 aromatic carbocycles. The second-order valence-electron chi connectivity index (χ2n) is 5.48. The van der Waals surface area contributed by atoms with E-state index in [2.05, 4.69) is 46.6 Å². The van der Waals surface area contributed by atoms with Crippen molar-refractivity contribution in [2.45, 2.75) is 26.2 Å². The molecule has 1 aliphatic rings. The molecule has 1 atom stereocenters. The molecule has 0 spiro atoms. The first-order valence-electron chi connectivity index (χ1n) is 5.86. The van der Waals surface area contributed by atoms with E-state index in [4.69, 9.17) is 10.3 Å². The molecule has 4 nitrogen and oxygen atoms in total. The van der Waals surface area contributed by atoms with Crippen LogP contribution in [0, 0.1) is 8.99 Å². The van der Waals surface area contributed by atoms with Gasteiger partial charge in [-0.2, -0.15) is 4.98 Å². The number of rotatable bonds is 2. The standard InChI is InChI=1S/C13H14IN3O/c1-13(2)6-10(13)11-16-12(18-17-11)7-3-8(14)5-9(15)4-7/h3-5,10H,6,15H2,1-2H3. The Morgan fingerprint density at radius 2 is 2.11 bits per heavy atom. The fourth-order valence-corrected chi connectivity index (χ4v) is 2.83. The van der Waals surface area contributed by atoms with Crippen molar-refractivity contribution in [3.8, 4) is 11.5 Å². The summed E-state index contributed by atoms with van der Waals surface area (Å²) in [5, 5.41) is 4.08. The third-order valence-electron chi connectivity index (χ3n) is 3.43. The number of aromatic nitrogens is 2. The number of nitrogens with zero attached hydrogens (tertiary/aromatic N) is 2. The van der Waals surface area contributed by atoms with E-state index < -0.39 is 0 Å². The lowest BCUT2D eigenvalue weighted by Crippen LogP contribution is -1.92. The second-order valence-corrected chi connectivity index (χ2v) is 6.72. The Hall–Kier alpha value is -1.11. The molecule has 94 valence electrons. The molecule has 18 heavy (non-hydrogen) atoms. The average molecular weight is 355 g/mol. The van der Waals surface area contributed by atoms with Crippen LogP contribution in [0.25, 0.3) is 11.5 Å². The van der Waals surface area contributed by atoms with Gasteiger partial charge in [0.15, 0.2) is 5.82 Å². The smallest absolute Gasteiger partial charge is 0.258 e. The molecule has 0 aliphatic heterocycles. The minimum Gasteiger partial charge on any atom is -0.399 e. The molecule has 1 aliphatic carbocycles. The van der Waals surface area contributed by atoms with E-state index in [1.54, 1.807) is 0 Å². The lowest BCUT2D eigenvalue weighted by atomic mass is 10.1. The van der Waals surface area contributed by atoms with Crippen LogP contribution in [-0.4, -0.2) is 10.1 Å². The van der Waals surface area contributed by atoms with E-state index in [9.17, 15) is 0 Å². The summed E-state index contributed by atoms with van der Waals surface area (Å²) in [5.41, 5.74) is 7.73. The summed E-state index contributed by atoms with van der Waals surface area (Å²) in [5.74, 6) is 1.79. The number of halogens is 1. The molecular formula is C13H14IN3O. The third-order valence-corrected chi connectivity index (χ3v) is 4.06. The SMILES string of the molecule is CC1(C)CC1c1noc(-c2cc(N)cc(I)c2)n1. The van der Waals surface area contributed by atoms with Gasteiger partial charge in [-0.05, 0) is 52.6 Å². The lowest BCUT2D eigenvalue weighted by molar-refractivity contribution is 0.419. The summed E-state index contributed by atoms with van der Waals surface area (Å²) in [7, 11) is 0. The number of hydrogen-bond donors (Lipinski definition) is 1. The molecule has 0 amide bonds. The molecule has 0 saturated heterocycles. The van der Waals surface area contributed by atoms with Crippen LogP contribution in [0.3, 0.4) is 0 Å². The molecule has 1 aromatic heterocycles. The van der Waals surface area contributed by atoms with E-state index in [0.717, 1.165) is 21.4 Å². The Balaban J connectivity index is 1.93. The van der Waals surface area contributed by atoms with Crippen molar-refractivity contribution < 1.29 is 4.52 Å². The highest BCUT2D eigenvalue weighted by molar-refractivity contribution is 14.1. The van der Waals surface area contributed by atoms with Crippen molar-refractivity contribution in [3.63, 3.8) is 0 Å². The molecular weight excluding hydrogens is 341 g/mol. The zero-order valence-electron chi connectivity index (χ0n) is 10.3. The Bertz CT molecular complexity index is 586. The minimum absolute atomic E-state index is 0.311. The molecule has 0 radical (unpaired) electrons. The van der Waals surface area contributed by atoms with Gasteiger partial charge in [0, 0.05) is 20.7 Å². The summed E-state index contributed by atoms with van der Waals surface area (Å²) in [4.78, 5) is 4.48. The van der Waals surface area contributed by atoms with Crippen LogP contribution < -0.4 is 5.73 Å². The van der Waals surface area contributed by atoms with Gasteiger partial charge >= 0.3 is 0 Å². The highest BCUT2D eigenvalue weighted by Gasteiger charge is 2.49. The normalized spacial score (nSPS) is 20.9. The van der Waals surface area contributed by atoms with E-state index in [0.29, 0.717) is 22.9 Å². The van der Waals surface area contributed by atoms with E-state index >= 15 is 0 Å². The van der Waals surface area contributed by atoms with Crippen molar-refractivity contribution >= 4 is 28.3 Å². The van der Waals surface area contributed by atoms with Gasteiger partial charge in [0.2, 0.25) is 0 Å². The molecule has 1 heterocycles. The van der Waals surface area contributed by atoms with Gasteiger partial charge in [-0.3, -0.25) is 0 Å². The van der Waals surface area contributed by atoms with Gasteiger partial charge < -0.3 is 10.3 Å². The minimum atomic E-state index is 0.311. The third kappa shape index (κ3) is 2.11. The van der Waals surface area contributed by atoms with E-state index in [1.165, 1.54) is 0 Å². The van der Waals surface area contributed by atoms with Crippen LogP contribution in [0.5, 0.6) is 0 Å². The van der Waals surface area contributed by atoms with Gasteiger partial charge in [0.25, 0.3) is 5.89 Å². The van der Waals surface area contributed by atoms with Crippen molar-refractivity contribution in [1.29, 1.82) is 0 Å². The fraction of sp³-hybridized carbons (Fsp3) is 0.385. The number of nitrogens with two attached hydrogens (primary N) is 1. The number of benzene rings is 1. The maximum Gasteiger partial charge on any atom is 0.258 e. The first-order chi connectivity index (χ1) is 8.45. The molecule has 2 aromatic rings. The predicted octanol–water partition coefficient (Wildman–Crippen LogP) is 3.44. The summed E-state index contributed by atoms with van der Waals surface area (Å²) in [6.07, 6.45) is 1.13.